The second kappa shape index (κ2) is 7.89. The van der Waals surface area contributed by atoms with Crippen LogP contribution in [0.2, 0.25) is 0 Å². The van der Waals surface area contributed by atoms with Crippen LogP contribution in [0.4, 0.5) is 8.78 Å². The Balaban J connectivity index is 1.33. The fraction of sp³-hybridized carbons (Fsp3) is 0.250. The van der Waals surface area contributed by atoms with Crippen LogP contribution in [-0.2, 0) is 6.42 Å². The predicted molar refractivity (Wildman–Crippen MR) is 116 cm³/mol. The van der Waals surface area contributed by atoms with Crippen LogP contribution in [0.3, 0.4) is 0 Å². The Morgan fingerprint density at radius 1 is 1.23 bits per heavy atom. The first-order chi connectivity index (χ1) is 15.0. The van der Waals surface area contributed by atoms with Gasteiger partial charge in [0.1, 0.15) is 28.7 Å². The molecule has 0 bridgehead atoms. The molecule has 2 aromatic heterocycles. The zero-order chi connectivity index (χ0) is 21.5. The molecule has 1 fully saturated rings. The maximum atomic E-state index is 14.0. The number of amides is 1. The van der Waals surface area contributed by atoms with Gasteiger partial charge in [0.15, 0.2) is 0 Å². The number of benzene rings is 2. The zero-order valence-corrected chi connectivity index (χ0v) is 17.7. The van der Waals surface area contributed by atoms with Crippen molar-refractivity contribution in [2.75, 3.05) is 13.1 Å². The number of fused-ring (bicyclic) bond motifs is 1. The van der Waals surface area contributed by atoms with Gasteiger partial charge in [0.25, 0.3) is 5.91 Å². The van der Waals surface area contributed by atoms with E-state index >= 15 is 0 Å². The molecule has 1 amide bonds. The molecule has 0 N–H and O–H groups in total. The number of hydrogen-bond acceptors (Lipinski definition) is 4. The Labute approximate surface area is 182 Å². The molecule has 0 aliphatic carbocycles. The summed E-state index contributed by atoms with van der Waals surface area (Å²) in [5.74, 6) is -0.389. The summed E-state index contributed by atoms with van der Waals surface area (Å²) < 4.78 is 33.3. The van der Waals surface area contributed by atoms with E-state index in [-0.39, 0.29) is 11.8 Å². The fourth-order valence-corrected chi connectivity index (χ4v) is 5.43. The predicted octanol–water partition coefficient (Wildman–Crippen LogP) is 5.85. The van der Waals surface area contributed by atoms with Gasteiger partial charge in [-0.05, 0) is 43.2 Å². The molecule has 2 aromatic carbocycles. The molecule has 158 valence electrons. The number of thiophene rings is 1. The molecule has 1 atom stereocenters. The van der Waals surface area contributed by atoms with E-state index in [1.54, 1.807) is 6.92 Å². The smallest absolute Gasteiger partial charge is 0.259 e. The first-order valence-corrected chi connectivity index (χ1v) is 11.0. The average Bonchev–Trinajstić information content (AvgIpc) is 3.47. The minimum atomic E-state index is -0.565. The SMILES string of the molecule is Cc1onc(-c2ccccc2)c1C(=O)N1CC[C@@H](Cc2cc3cc(F)cc(F)c3s2)C1. The van der Waals surface area contributed by atoms with Crippen molar-refractivity contribution in [1.82, 2.24) is 10.1 Å². The summed E-state index contributed by atoms with van der Waals surface area (Å²) in [6.07, 6.45) is 1.60. The van der Waals surface area contributed by atoms with E-state index in [0.717, 1.165) is 29.3 Å². The van der Waals surface area contributed by atoms with E-state index in [0.29, 0.717) is 40.2 Å². The number of rotatable bonds is 4. The average molecular weight is 438 g/mol. The molecule has 3 heterocycles. The largest absolute Gasteiger partial charge is 0.360 e. The molecule has 7 heteroatoms. The summed E-state index contributed by atoms with van der Waals surface area (Å²) in [5.41, 5.74) is 1.91. The monoisotopic (exact) mass is 438 g/mol. The number of halogens is 2. The molecule has 4 nitrogen and oxygen atoms in total. The molecule has 0 radical (unpaired) electrons. The number of likely N-dealkylation sites (tertiary alicyclic amines) is 1. The second-order valence-electron chi connectivity index (χ2n) is 7.96. The highest BCUT2D eigenvalue weighted by Gasteiger charge is 2.31. The number of aromatic nitrogens is 1. The normalized spacial score (nSPS) is 16.4. The molecule has 1 saturated heterocycles. The van der Waals surface area contributed by atoms with E-state index < -0.39 is 11.6 Å². The van der Waals surface area contributed by atoms with E-state index in [1.165, 1.54) is 17.4 Å². The third-order valence-electron chi connectivity index (χ3n) is 5.77. The summed E-state index contributed by atoms with van der Waals surface area (Å²) in [6.45, 7) is 3.02. The molecule has 5 rings (SSSR count). The summed E-state index contributed by atoms with van der Waals surface area (Å²) in [7, 11) is 0. The number of aryl methyl sites for hydroxylation is 1. The van der Waals surface area contributed by atoms with Gasteiger partial charge in [-0.1, -0.05) is 35.5 Å². The van der Waals surface area contributed by atoms with Crippen LogP contribution in [0.25, 0.3) is 21.3 Å². The Morgan fingerprint density at radius 3 is 2.84 bits per heavy atom. The Morgan fingerprint density at radius 2 is 2.03 bits per heavy atom. The number of nitrogens with zero attached hydrogens (tertiary/aromatic N) is 2. The van der Waals surface area contributed by atoms with Crippen molar-refractivity contribution < 1.29 is 18.1 Å². The summed E-state index contributed by atoms with van der Waals surface area (Å²) in [4.78, 5) is 16.1. The highest BCUT2D eigenvalue weighted by atomic mass is 32.1. The van der Waals surface area contributed by atoms with Crippen LogP contribution in [0.1, 0.15) is 27.4 Å². The molecule has 0 spiro atoms. The minimum absolute atomic E-state index is 0.0791. The number of carbonyl (C=O) groups excluding carboxylic acids is 1. The van der Waals surface area contributed by atoms with Crippen molar-refractivity contribution >= 4 is 27.3 Å². The van der Waals surface area contributed by atoms with Crippen LogP contribution in [0, 0.1) is 24.5 Å². The highest BCUT2D eigenvalue weighted by molar-refractivity contribution is 7.19. The summed E-state index contributed by atoms with van der Waals surface area (Å²) in [6, 6.07) is 13.7. The molecular formula is C24H20F2N2O2S. The quantitative estimate of drug-likeness (QED) is 0.402. The van der Waals surface area contributed by atoms with Gasteiger partial charge < -0.3 is 9.42 Å². The van der Waals surface area contributed by atoms with Crippen molar-refractivity contribution in [3.63, 3.8) is 0 Å². The lowest BCUT2D eigenvalue weighted by molar-refractivity contribution is 0.0786. The van der Waals surface area contributed by atoms with Gasteiger partial charge in [-0.25, -0.2) is 8.78 Å². The van der Waals surface area contributed by atoms with Crippen LogP contribution in [0.5, 0.6) is 0 Å². The molecule has 4 aromatic rings. The first kappa shape index (κ1) is 19.9. The van der Waals surface area contributed by atoms with Crippen LogP contribution in [0.15, 0.2) is 53.1 Å². The van der Waals surface area contributed by atoms with Crippen molar-refractivity contribution in [1.29, 1.82) is 0 Å². The summed E-state index contributed by atoms with van der Waals surface area (Å²) >= 11 is 1.36. The molecule has 31 heavy (non-hydrogen) atoms. The standard InChI is InChI=1S/C24H20F2N2O2S/c1-14-21(22(27-30-14)16-5-3-2-4-6-16)24(29)28-8-7-15(13-28)9-19-11-17-10-18(25)12-20(26)23(17)31-19/h2-6,10-12,15H,7-9,13H2,1H3/t15-/m0/s1. The van der Waals surface area contributed by atoms with Crippen molar-refractivity contribution in [2.45, 2.75) is 19.8 Å². The molecule has 0 saturated carbocycles. The third kappa shape index (κ3) is 3.74. The van der Waals surface area contributed by atoms with Gasteiger partial charge in [0, 0.05) is 29.6 Å². The van der Waals surface area contributed by atoms with E-state index in [4.69, 9.17) is 4.52 Å². The van der Waals surface area contributed by atoms with Gasteiger partial charge in [-0.2, -0.15) is 0 Å². The van der Waals surface area contributed by atoms with E-state index in [9.17, 15) is 13.6 Å². The third-order valence-corrected chi connectivity index (χ3v) is 6.96. The fourth-order valence-electron chi connectivity index (χ4n) is 4.27. The van der Waals surface area contributed by atoms with Gasteiger partial charge in [0.05, 0.1) is 4.70 Å². The Kier molecular flexibility index (Phi) is 5.06. The Bertz CT molecular complexity index is 1270. The zero-order valence-electron chi connectivity index (χ0n) is 16.9. The van der Waals surface area contributed by atoms with E-state index in [2.05, 4.69) is 5.16 Å². The van der Waals surface area contributed by atoms with Crippen molar-refractivity contribution in [3.8, 4) is 11.3 Å². The first-order valence-electron chi connectivity index (χ1n) is 10.2. The number of carbonyl (C=O) groups is 1. The molecular weight excluding hydrogens is 418 g/mol. The van der Waals surface area contributed by atoms with E-state index in [1.807, 2.05) is 41.3 Å². The van der Waals surface area contributed by atoms with Crippen LogP contribution >= 0.6 is 11.3 Å². The lowest BCUT2D eigenvalue weighted by Gasteiger charge is -2.16. The summed E-state index contributed by atoms with van der Waals surface area (Å²) in [5, 5.41) is 4.71. The lowest BCUT2D eigenvalue weighted by atomic mass is 10.0. The van der Waals surface area contributed by atoms with Crippen molar-refractivity contribution in [3.05, 3.63) is 76.4 Å². The lowest BCUT2D eigenvalue weighted by Crippen LogP contribution is -2.29. The van der Waals surface area contributed by atoms with Gasteiger partial charge in [0.2, 0.25) is 0 Å². The van der Waals surface area contributed by atoms with Crippen LogP contribution < -0.4 is 0 Å². The van der Waals surface area contributed by atoms with Gasteiger partial charge in [-0.3, -0.25) is 4.79 Å². The minimum Gasteiger partial charge on any atom is -0.360 e. The number of hydrogen-bond donors (Lipinski definition) is 0. The van der Waals surface area contributed by atoms with Gasteiger partial charge in [-0.15, -0.1) is 11.3 Å². The maximum Gasteiger partial charge on any atom is 0.259 e. The topological polar surface area (TPSA) is 46.3 Å². The van der Waals surface area contributed by atoms with Gasteiger partial charge >= 0.3 is 0 Å². The molecule has 0 unspecified atom stereocenters. The molecule has 1 aliphatic heterocycles. The Hall–Kier alpha value is -3.06. The van der Waals surface area contributed by atoms with Crippen LogP contribution in [-0.4, -0.2) is 29.1 Å². The second-order valence-corrected chi connectivity index (χ2v) is 9.09. The highest BCUT2D eigenvalue weighted by Crippen LogP contribution is 2.33. The maximum absolute atomic E-state index is 14.0. The van der Waals surface area contributed by atoms with Crippen molar-refractivity contribution in [2.24, 2.45) is 5.92 Å². The molecule has 1 aliphatic rings.